The summed E-state index contributed by atoms with van der Waals surface area (Å²) in [5.74, 6) is 1.15. The quantitative estimate of drug-likeness (QED) is 0.597. The van der Waals surface area contributed by atoms with E-state index in [1.165, 1.54) is 20.9 Å². The van der Waals surface area contributed by atoms with Crippen molar-refractivity contribution in [3.63, 3.8) is 0 Å². The molecule has 17 heavy (non-hydrogen) atoms. The van der Waals surface area contributed by atoms with E-state index in [0.29, 0.717) is 11.8 Å². The van der Waals surface area contributed by atoms with Crippen LogP contribution in [0.5, 0.6) is 0 Å². The topological polar surface area (TPSA) is 0 Å². The minimum Gasteiger partial charge on any atom is -0.0883 e. The van der Waals surface area contributed by atoms with Crippen LogP contribution in [0.15, 0.2) is 34.6 Å². The van der Waals surface area contributed by atoms with Gasteiger partial charge in [0, 0.05) is 4.90 Å². The number of allylic oxidation sites excluding steroid dienone is 1. The summed E-state index contributed by atoms with van der Waals surface area (Å²) >= 11 is 0. The van der Waals surface area contributed by atoms with Crippen molar-refractivity contribution < 1.29 is 0 Å². The van der Waals surface area contributed by atoms with Gasteiger partial charge >= 0.3 is 0 Å². The average molecular weight is 266 g/mol. The monoisotopic (exact) mass is 266 g/mol. The third-order valence-electron chi connectivity index (χ3n) is 2.75. The van der Waals surface area contributed by atoms with Crippen molar-refractivity contribution >= 4 is 21.6 Å². The molecule has 1 aromatic rings. The van der Waals surface area contributed by atoms with Crippen LogP contribution in [0, 0.1) is 12.8 Å². The Morgan fingerprint density at radius 2 is 1.82 bits per heavy atom. The zero-order valence-electron chi connectivity index (χ0n) is 11.4. The Labute approximate surface area is 114 Å². The summed E-state index contributed by atoms with van der Waals surface area (Å²) in [6.07, 6.45) is 0. The number of aryl methyl sites for hydroxylation is 1. The van der Waals surface area contributed by atoms with E-state index in [4.69, 9.17) is 0 Å². The van der Waals surface area contributed by atoms with Gasteiger partial charge in [-0.3, -0.25) is 0 Å². The predicted molar refractivity (Wildman–Crippen MR) is 82.7 cm³/mol. The van der Waals surface area contributed by atoms with Crippen LogP contribution in [0.3, 0.4) is 0 Å². The third kappa shape index (κ3) is 4.44. The molecule has 0 atom stereocenters. The zero-order valence-corrected chi connectivity index (χ0v) is 13.0. The van der Waals surface area contributed by atoms with Gasteiger partial charge in [-0.1, -0.05) is 68.0 Å². The number of hydrogen-bond donors (Lipinski definition) is 0. The molecule has 0 saturated heterocycles. The maximum atomic E-state index is 4.09. The first-order valence-electron chi connectivity index (χ1n) is 6.05. The van der Waals surface area contributed by atoms with Crippen LogP contribution in [-0.2, 0) is 0 Å². The molecule has 0 nitrogen and oxygen atoms in total. The highest BCUT2D eigenvalue weighted by Crippen LogP contribution is 2.40. The molecule has 2 heteroatoms. The lowest BCUT2D eigenvalue weighted by Crippen LogP contribution is -1.89. The van der Waals surface area contributed by atoms with E-state index in [1.807, 2.05) is 10.8 Å². The first kappa shape index (κ1) is 14.7. The molecule has 0 amide bonds. The lowest BCUT2D eigenvalue weighted by Gasteiger charge is -2.12. The normalized spacial score (nSPS) is 11.2. The summed E-state index contributed by atoms with van der Waals surface area (Å²) in [4.78, 5) is 2.59. The maximum absolute atomic E-state index is 4.09. The number of benzene rings is 1. The second kappa shape index (κ2) is 6.55. The lowest BCUT2D eigenvalue weighted by molar-refractivity contribution is 0.821. The van der Waals surface area contributed by atoms with Crippen LogP contribution in [0.2, 0.25) is 0 Å². The predicted octanol–water partition coefficient (Wildman–Crippen LogP) is 6.03. The molecule has 0 aliphatic rings. The van der Waals surface area contributed by atoms with Crippen LogP contribution in [0.1, 0.15) is 44.7 Å². The molecule has 0 aliphatic carbocycles. The summed E-state index contributed by atoms with van der Waals surface area (Å²) in [6.45, 7) is 15.1. The molecule has 0 unspecified atom stereocenters. The van der Waals surface area contributed by atoms with E-state index < -0.39 is 0 Å². The minimum absolute atomic E-state index is 0.544. The molecule has 0 bridgehead atoms. The van der Waals surface area contributed by atoms with E-state index in [2.05, 4.69) is 59.4 Å². The van der Waals surface area contributed by atoms with Gasteiger partial charge in [0.1, 0.15) is 0 Å². The fourth-order valence-electron chi connectivity index (χ4n) is 1.32. The molecule has 1 aromatic carbocycles. The fourth-order valence-corrected chi connectivity index (χ4v) is 3.75. The van der Waals surface area contributed by atoms with Gasteiger partial charge in [0.05, 0.1) is 0 Å². The molecule has 0 saturated carbocycles. The summed E-state index contributed by atoms with van der Waals surface area (Å²) in [7, 11) is 3.61. The molecule has 0 spiro atoms. The van der Waals surface area contributed by atoms with Crippen molar-refractivity contribution in [1.82, 2.24) is 0 Å². The molecule has 0 fully saturated rings. The summed E-state index contributed by atoms with van der Waals surface area (Å²) in [5, 5.41) is 0. The molecule has 0 aromatic heterocycles. The van der Waals surface area contributed by atoms with Crippen molar-refractivity contribution in [1.29, 1.82) is 0 Å². The molecular weight excluding hydrogens is 244 g/mol. The Kier molecular flexibility index (Phi) is 5.68. The number of rotatable bonds is 5. The lowest BCUT2D eigenvalue weighted by atomic mass is 10.0. The van der Waals surface area contributed by atoms with Crippen molar-refractivity contribution in [3.8, 4) is 0 Å². The fraction of sp³-hybridized carbons (Fsp3) is 0.467. The SMILES string of the molecule is C=C(SSc1ccc(C(C)C)cc1C)C(C)C. The molecule has 94 valence electrons. The minimum atomic E-state index is 0.544. The van der Waals surface area contributed by atoms with Crippen LogP contribution in [0.4, 0.5) is 0 Å². The molecule has 0 aliphatic heterocycles. The van der Waals surface area contributed by atoms with Gasteiger partial charge in [0.2, 0.25) is 0 Å². The Bertz CT molecular complexity index is 392. The van der Waals surface area contributed by atoms with Crippen LogP contribution < -0.4 is 0 Å². The van der Waals surface area contributed by atoms with Gasteiger partial charge in [0.25, 0.3) is 0 Å². The van der Waals surface area contributed by atoms with E-state index in [0.717, 1.165) is 0 Å². The highest BCUT2D eigenvalue weighted by Gasteiger charge is 2.06. The second-order valence-corrected chi connectivity index (χ2v) is 7.26. The third-order valence-corrected chi connectivity index (χ3v) is 5.59. The molecule has 1 rings (SSSR count). The molecule has 0 heterocycles. The first-order valence-corrected chi connectivity index (χ1v) is 8.20. The second-order valence-electron chi connectivity index (χ2n) is 4.97. The zero-order chi connectivity index (χ0) is 13.0. The average Bonchev–Trinajstić information content (AvgIpc) is 2.26. The van der Waals surface area contributed by atoms with Crippen LogP contribution >= 0.6 is 21.6 Å². The van der Waals surface area contributed by atoms with Gasteiger partial charge in [-0.15, -0.1) is 0 Å². The van der Waals surface area contributed by atoms with E-state index in [-0.39, 0.29) is 0 Å². The Hall–Kier alpha value is -0.340. The van der Waals surface area contributed by atoms with Crippen molar-refractivity contribution in [2.75, 3.05) is 0 Å². The number of hydrogen-bond acceptors (Lipinski definition) is 2. The van der Waals surface area contributed by atoms with E-state index >= 15 is 0 Å². The van der Waals surface area contributed by atoms with Crippen molar-refractivity contribution in [3.05, 3.63) is 40.8 Å². The maximum Gasteiger partial charge on any atom is 0.0215 e. The van der Waals surface area contributed by atoms with E-state index in [9.17, 15) is 0 Å². The van der Waals surface area contributed by atoms with Gasteiger partial charge in [-0.2, -0.15) is 0 Å². The largest absolute Gasteiger partial charge is 0.0883 e. The summed E-state index contributed by atoms with van der Waals surface area (Å²) in [6, 6.07) is 6.76. The standard InChI is InChI=1S/C15H22S2/c1-10(2)13(6)16-17-15-8-7-14(11(3)4)9-12(15)5/h7-11H,6H2,1-5H3. The molecule has 0 N–H and O–H groups in total. The highest BCUT2D eigenvalue weighted by molar-refractivity contribution is 8.78. The van der Waals surface area contributed by atoms with Gasteiger partial charge in [-0.05, 0) is 40.9 Å². The Morgan fingerprint density at radius 1 is 1.18 bits per heavy atom. The Balaban J connectivity index is 2.70. The van der Waals surface area contributed by atoms with Gasteiger partial charge in [-0.25, -0.2) is 0 Å². The van der Waals surface area contributed by atoms with Crippen molar-refractivity contribution in [2.45, 2.75) is 45.4 Å². The van der Waals surface area contributed by atoms with Gasteiger partial charge < -0.3 is 0 Å². The highest BCUT2D eigenvalue weighted by atomic mass is 33.1. The smallest absolute Gasteiger partial charge is 0.0215 e. The van der Waals surface area contributed by atoms with E-state index in [1.54, 1.807) is 10.8 Å². The van der Waals surface area contributed by atoms with Crippen molar-refractivity contribution in [2.24, 2.45) is 5.92 Å². The van der Waals surface area contributed by atoms with Gasteiger partial charge in [0.15, 0.2) is 0 Å². The van der Waals surface area contributed by atoms with Crippen LogP contribution in [0.25, 0.3) is 0 Å². The summed E-state index contributed by atoms with van der Waals surface area (Å²) in [5.41, 5.74) is 2.78. The molecule has 0 radical (unpaired) electrons. The van der Waals surface area contributed by atoms with Crippen LogP contribution in [-0.4, -0.2) is 0 Å². The Morgan fingerprint density at radius 3 is 2.29 bits per heavy atom. The summed E-state index contributed by atoms with van der Waals surface area (Å²) < 4.78 is 0. The first-order chi connectivity index (χ1) is 7.91. The molecular formula is C15H22S2.